The standard InChI is InChI=1S/C16H14F3N3O4S/c17-11-2-4-14(22(23)24)15(9-11)20-5-7-21(8-6-20)27(25,26)16-10-12(18)1-3-13(16)19/h1-4,9-10H,5-8H2. The molecule has 1 saturated heterocycles. The molecule has 7 nitrogen and oxygen atoms in total. The van der Waals surface area contributed by atoms with Gasteiger partial charge in [-0.3, -0.25) is 10.1 Å². The quantitative estimate of drug-likeness (QED) is 0.581. The van der Waals surface area contributed by atoms with E-state index in [2.05, 4.69) is 0 Å². The van der Waals surface area contributed by atoms with Crippen LogP contribution in [-0.4, -0.2) is 43.8 Å². The molecule has 144 valence electrons. The van der Waals surface area contributed by atoms with Gasteiger partial charge < -0.3 is 4.90 Å². The number of hydrogen-bond donors (Lipinski definition) is 0. The van der Waals surface area contributed by atoms with Gasteiger partial charge in [-0.15, -0.1) is 0 Å². The number of piperazine rings is 1. The Hall–Kier alpha value is -2.66. The molecule has 1 fully saturated rings. The summed E-state index contributed by atoms with van der Waals surface area (Å²) in [6.45, 7) is -0.182. The maximum Gasteiger partial charge on any atom is 0.292 e. The number of benzene rings is 2. The molecule has 0 bridgehead atoms. The van der Waals surface area contributed by atoms with Crippen LogP contribution in [0.1, 0.15) is 0 Å². The number of halogens is 3. The van der Waals surface area contributed by atoms with Crippen LogP contribution in [0.5, 0.6) is 0 Å². The van der Waals surface area contributed by atoms with E-state index < -0.39 is 37.3 Å². The highest BCUT2D eigenvalue weighted by atomic mass is 32.2. The number of anilines is 1. The first-order chi connectivity index (χ1) is 12.7. The highest BCUT2D eigenvalue weighted by Gasteiger charge is 2.32. The zero-order chi connectivity index (χ0) is 19.8. The predicted molar refractivity (Wildman–Crippen MR) is 90.4 cm³/mol. The second-order valence-corrected chi connectivity index (χ2v) is 7.76. The van der Waals surface area contributed by atoms with Crippen molar-refractivity contribution in [3.05, 3.63) is 64.0 Å². The van der Waals surface area contributed by atoms with Crippen molar-refractivity contribution in [2.24, 2.45) is 0 Å². The molecule has 27 heavy (non-hydrogen) atoms. The second-order valence-electron chi connectivity index (χ2n) is 5.86. The summed E-state index contributed by atoms with van der Waals surface area (Å²) < 4.78 is 66.8. The summed E-state index contributed by atoms with van der Waals surface area (Å²) in [5, 5.41) is 11.1. The van der Waals surface area contributed by atoms with Crippen molar-refractivity contribution in [3.8, 4) is 0 Å². The molecule has 0 radical (unpaired) electrons. The van der Waals surface area contributed by atoms with Gasteiger partial charge in [-0.05, 0) is 24.3 Å². The molecule has 3 rings (SSSR count). The Morgan fingerprint density at radius 1 is 0.926 bits per heavy atom. The highest BCUT2D eigenvalue weighted by molar-refractivity contribution is 7.89. The third-order valence-corrected chi connectivity index (χ3v) is 6.14. The summed E-state index contributed by atoms with van der Waals surface area (Å²) in [6.07, 6.45) is 0. The molecule has 2 aromatic rings. The summed E-state index contributed by atoms with van der Waals surface area (Å²) in [4.78, 5) is 11.2. The Labute approximate surface area is 152 Å². The van der Waals surface area contributed by atoms with Crippen LogP contribution in [0, 0.1) is 27.6 Å². The Balaban J connectivity index is 1.83. The highest BCUT2D eigenvalue weighted by Crippen LogP contribution is 2.30. The molecule has 0 aromatic heterocycles. The van der Waals surface area contributed by atoms with Crippen molar-refractivity contribution >= 4 is 21.4 Å². The number of nitro groups is 1. The van der Waals surface area contributed by atoms with Crippen molar-refractivity contribution < 1.29 is 26.5 Å². The molecular weight excluding hydrogens is 387 g/mol. The van der Waals surface area contributed by atoms with Crippen molar-refractivity contribution in [1.82, 2.24) is 4.31 Å². The van der Waals surface area contributed by atoms with E-state index in [9.17, 15) is 31.7 Å². The maximum absolute atomic E-state index is 13.8. The van der Waals surface area contributed by atoms with Crippen LogP contribution in [0.4, 0.5) is 24.5 Å². The first-order valence-electron chi connectivity index (χ1n) is 7.84. The van der Waals surface area contributed by atoms with E-state index in [0.717, 1.165) is 34.6 Å². The van der Waals surface area contributed by atoms with Crippen LogP contribution in [0.15, 0.2) is 41.3 Å². The number of sulfonamides is 1. The number of nitro benzene ring substituents is 1. The molecule has 0 atom stereocenters. The number of rotatable bonds is 4. The van der Waals surface area contributed by atoms with Crippen LogP contribution >= 0.6 is 0 Å². The molecule has 11 heteroatoms. The zero-order valence-corrected chi connectivity index (χ0v) is 14.6. The van der Waals surface area contributed by atoms with Crippen molar-refractivity contribution in [3.63, 3.8) is 0 Å². The Morgan fingerprint density at radius 2 is 1.52 bits per heavy atom. The van der Waals surface area contributed by atoms with Gasteiger partial charge in [0.15, 0.2) is 0 Å². The lowest BCUT2D eigenvalue weighted by Crippen LogP contribution is -2.49. The van der Waals surface area contributed by atoms with Crippen molar-refractivity contribution in [1.29, 1.82) is 0 Å². The Bertz CT molecular complexity index is 992. The minimum Gasteiger partial charge on any atom is -0.363 e. The minimum absolute atomic E-state index is 0.0282. The summed E-state index contributed by atoms with van der Waals surface area (Å²) >= 11 is 0. The van der Waals surface area contributed by atoms with Crippen LogP contribution in [-0.2, 0) is 10.0 Å². The van der Waals surface area contributed by atoms with E-state index in [0.29, 0.717) is 6.07 Å². The van der Waals surface area contributed by atoms with Gasteiger partial charge in [0.2, 0.25) is 10.0 Å². The smallest absolute Gasteiger partial charge is 0.292 e. The zero-order valence-electron chi connectivity index (χ0n) is 13.8. The third-order valence-electron chi connectivity index (χ3n) is 4.22. The summed E-state index contributed by atoms with van der Waals surface area (Å²) in [5.41, 5.74) is -0.266. The van der Waals surface area contributed by atoms with E-state index in [1.807, 2.05) is 0 Å². The molecule has 0 aliphatic carbocycles. The lowest BCUT2D eigenvalue weighted by molar-refractivity contribution is -0.384. The molecule has 0 saturated carbocycles. The Morgan fingerprint density at radius 3 is 2.15 bits per heavy atom. The lowest BCUT2D eigenvalue weighted by Gasteiger charge is -2.35. The maximum atomic E-state index is 13.8. The van der Waals surface area contributed by atoms with E-state index >= 15 is 0 Å². The van der Waals surface area contributed by atoms with E-state index in [1.165, 1.54) is 4.90 Å². The molecule has 1 heterocycles. The average Bonchev–Trinajstić information content (AvgIpc) is 2.63. The molecule has 0 spiro atoms. The largest absolute Gasteiger partial charge is 0.363 e. The monoisotopic (exact) mass is 401 g/mol. The molecule has 0 amide bonds. The first kappa shape index (κ1) is 19.1. The minimum atomic E-state index is -4.27. The molecule has 0 unspecified atom stereocenters. The van der Waals surface area contributed by atoms with Gasteiger partial charge in [0.25, 0.3) is 5.69 Å². The lowest BCUT2D eigenvalue weighted by atomic mass is 10.2. The Kier molecular flexibility index (Phi) is 5.07. The molecular formula is C16H14F3N3O4S. The molecule has 1 aliphatic heterocycles. The number of hydrogen-bond acceptors (Lipinski definition) is 5. The average molecular weight is 401 g/mol. The fraction of sp³-hybridized carbons (Fsp3) is 0.250. The van der Waals surface area contributed by atoms with E-state index in [1.54, 1.807) is 0 Å². The number of nitrogens with zero attached hydrogens (tertiary/aromatic N) is 3. The van der Waals surface area contributed by atoms with Gasteiger partial charge in [-0.2, -0.15) is 4.31 Å². The fourth-order valence-electron chi connectivity index (χ4n) is 2.89. The third kappa shape index (κ3) is 3.74. The van der Waals surface area contributed by atoms with Gasteiger partial charge in [0.1, 0.15) is 28.0 Å². The van der Waals surface area contributed by atoms with Crippen molar-refractivity contribution in [2.45, 2.75) is 4.90 Å². The van der Waals surface area contributed by atoms with Gasteiger partial charge in [0, 0.05) is 38.3 Å². The molecule has 2 aromatic carbocycles. The van der Waals surface area contributed by atoms with Crippen LogP contribution in [0.25, 0.3) is 0 Å². The van der Waals surface area contributed by atoms with Crippen LogP contribution in [0.3, 0.4) is 0 Å². The second kappa shape index (κ2) is 7.16. The molecule has 1 aliphatic rings. The van der Waals surface area contributed by atoms with Gasteiger partial charge in [-0.25, -0.2) is 21.6 Å². The van der Waals surface area contributed by atoms with Gasteiger partial charge in [-0.1, -0.05) is 0 Å². The SMILES string of the molecule is O=[N+]([O-])c1ccc(F)cc1N1CCN(S(=O)(=O)c2cc(F)ccc2F)CC1. The topological polar surface area (TPSA) is 83.8 Å². The van der Waals surface area contributed by atoms with Crippen LogP contribution in [0.2, 0.25) is 0 Å². The van der Waals surface area contributed by atoms with Crippen LogP contribution < -0.4 is 4.90 Å². The summed E-state index contributed by atoms with van der Waals surface area (Å²) in [5.74, 6) is -2.61. The summed E-state index contributed by atoms with van der Waals surface area (Å²) in [7, 11) is -4.27. The van der Waals surface area contributed by atoms with E-state index in [4.69, 9.17) is 0 Å². The summed E-state index contributed by atoms with van der Waals surface area (Å²) in [6, 6.07) is 5.16. The van der Waals surface area contributed by atoms with Gasteiger partial charge in [0.05, 0.1) is 4.92 Å². The predicted octanol–water partition coefficient (Wildman–Crippen LogP) is 2.52. The van der Waals surface area contributed by atoms with E-state index in [-0.39, 0.29) is 37.6 Å². The van der Waals surface area contributed by atoms with Crippen molar-refractivity contribution in [2.75, 3.05) is 31.1 Å². The first-order valence-corrected chi connectivity index (χ1v) is 9.28. The normalized spacial score (nSPS) is 15.7. The van der Waals surface area contributed by atoms with Gasteiger partial charge >= 0.3 is 0 Å². The molecule has 0 N–H and O–H groups in total. The fourth-order valence-corrected chi connectivity index (χ4v) is 4.39.